The van der Waals surface area contributed by atoms with Gasteiger partial charge in [-0.1, -0.05) is 41.9 Å². The Kier molecular flexibility index (Phi) is 5.23. The van der Waals surface area contributed by atoms with Crippen molar-refractivity contribution in [2.45, 2.75) is 6.92 Å². The number of aliphatic imine (C=N–C) groups is 1. The summed E-state index contributed by atoms with van der Waals surface area (Å²) in [5, 5.41) is 1.43. The highest BCUT2D eigenvalue weighted by Crippen LogP contribution is 2.32. The molecule has 4 nitrogen and oxygen atoms in total. The Morgan fingerprint density at radius 2 is 1.78 bits per heavy atom. The van der Waals surface area contributed by atoms with E-state index in [1.165, 1.54) is 23.0 Å². The molecule has 2 heterocycles. The fourth-order valence-corrected chi connectivity index (χ4v) is 4.39. The molecule has 0 N–H and O–H groups in total. The van der Waals surface area contributed by atoms with Crippen LogP contribution in [0.25, 0.3) is 6.08 Å². The van der Waals surface area contributed by atoms with Crippen molar-refractivity contribution in [2.24, 2.45) is 4.99 Å². The average Bonchev–Trinajstić information content (AvgIpc) is 3.04. The molecule has 0 saturated carbocycles. The third-order valence-corrected chi connectivity index (χ3v) is 6.11. The summed E-state index contributed by atoms with van der Waals surface area (Å²) in [4.78, 5) is 21.8. The van der Waals surface area contributed by atoms with Gasteiger partial charge in [-0.2, -0.15) is 4.99 Å². The smallest absolute Gasteiger partial charge is 0.286 e. The van der Waals surface area contributed by atoms with Gasteiger partial charge in [0.05, 0.1) is 4.91 Å². The van der Waals surface area contributed by atoms with Gasteiger partial charge < -0.3 is 9.80 Å². The van der Waals surface area contributed by atoms with Crippen molar-refractivity contribution in [3.63, 3.8) is 0 Å². The van der Waals surface area contributed by atoms with Crippen molar-refractivity contribution >= 4 is 46.2 Å². The largest absolute Gasteiger partial charge is 0.368 e. The van der Waals surface area contributed by atoms with E-state index in [9.17, 15) is 4.79 Å². The van der Waals surface area contributed by atoms with E-state index < -0.39 is 0 Å². The lowest BCUT2D eigenvalue weighted by Crippen LogP contribution is -2.47. The topological polar surface area (TPSA) is 35.9 Å². The van der Waals surface area contributed by atoms with Gasteiger partial charge >= 0.3 is 0 Å². The third-order valence-electron chi connectivity index (χ3n) is 4.72. The van der Waals surface area contributed by atoms with Gasteiger partial charge in [0.1, 0.15) is 0 Å². The van der Waals surface area contributed by atoms with Gasteiger partial charge in [-0.15, -0.1) is 0 Å². The molecule has 1 fully saturated rings. The first kappa shape index (κ1) is 18.1. The van der Waals surface area contributed by atoms with Crippen molar-refractivity contribution in [2.75, 3.05) is 31.1 Å². The van der Waals surface area contributed by atoms with Gasteiger partial charge in [0, 0.05) is 36.9 Å². The zero-order valence-electron chi connectivity index (χ0n) is 15.1. The van der Waals surface area contributed by atoms with Crippen molar-refractivity contribution in [1.29, 1.82) is 0 Å². The van der Waals surface area contributed by atoms with Crippen molar-refractivity contribution < 1.29 is 4.79 Å². The highest BCUT2D eigenvalue weighted by atomic mass is 35.5. The molecule has 138 valence electrons. The van der Waals surface area contributed by atoms with Crippen LogP contribution in [0.2, 0.25) is 5.02 Å². The maximum atomic E-state index is 12.3. The maximum absolute atomic E-state index is 12.3. The predicted molar refractivity (Wildman–Crippen MR) is 114 cm³/mol. The van der Waals surface area contributed by atoms with E-state index in [-0.39, 0.29) is 5.91 Å². The number of benzene rings is 2. The molecular formula is C21H20ClN3OS. The molecule has 2 aliphatic heterocycles. The first-order valence-corrected chi connectivity index (χ1v) is 10.1. The van der Waals surface area contributed by atoms with E-state index in [1.54, 1.807) is 0 Å². The molecular weight excluding hydrogens is 378 g/mol. The number of hydrogen-bond acceptors (Lipinski definition) is 4. The van der Waals surface area contributed by atoms with E-state index in [0.717, 1.165) is 36.9 Å². The number of thioether (sulfide) groups is 1. The molecule has 0 unspecified atom stereocenters. The van der Waals surface area contributed by atoms with Crippen LogP contribution in [0.1, 0.15) is 11.1 Å². The Morgan fingerprint density at radius 3 is 2.52 bits per heavy atom. The monoisotopic (exact) mass is 397 g/mol. The number of amides is 1. The molecule has 0 radical (unpaired) electrons. The molecule has 2 aromatic carbocycles. The Labute approximate surface area is 168 Å². The minimum atomic E-state index is -0.184. The lowest BCUT2D eigenvalue weighted by atomic mass is 10.2. The van der Waals surface area contributed by atoms with Crippen LogP contribution in [0.3, 0.4) is 0 Å². The SMILES string of the molecule is Cc1cccc(N2CCN(C3=NC(=O)C(=Cc4ccccc4Cl)S3)CC2)c1. The first-order valence-electron chi connectivity index (χ1n) is 8.94. The quantitative estimate of drug-likeness (QED) is 0.702. The summed E-state index contributed by atoms with van der Waals surface area (Å²) >= 11 is 7.64. The molecule has 0 spiro atoms. The standard InChI is InChI=1S/C21H20ClN3OS/c1-15-5-4-7-17(13-15)24-9-11-25(12-10-24)21-23-20(26)19(27-21)14-16-6-2-3-8-18(16)22/h2-8,13-14H,9-12H2,1H3. The Hall–Kier alpha value is -2.24. The number of carbonyl (C=O) groups is 1. The molecule has 0 aromatic heterocycles. The summed E-state index contributed by atoms with van der Waals surface area (Å²) in [6.07, 6.45) is 1.83. The average molecular weight is 398 g/mol. The maximum Gasteiger partial charge on any atom is 0.286 e. The minimum absolute atomic E-state index is 0.184. The van der Waals surface area contributed by atoms with Crippen LogP contribution in [0.4, 0.5) is 5.69 Å². The van der Waals surface area contributed by atoms with E-state index >= 15 is 0 Å². The van der Waals surface area contributed by atoms with Crippen LogP contribution in [-0.2, 0) is 4.79 Å². The van der Waals surface area contributed by atoms with Gasteiger partial charge in [0.2, 0.25) is 0 Å². The van der Waals surface area contributed by atoms with Crippen molar-refractivity contribution in [1.82, 2.24) is 4.90 Å². The number of amidine groups is 1. The fraction of sp³-hybridized carbons (Fsp3) is 0.238. The van der Waals surface area contributed by atoms with Gasteiger partial charge in [-0.05, 0) is 54.1 Å². The normalized spacial score (nSPS) is 19.0. The zero-order valence-corrected chi connectivity index (χ0v) is 16.6. The van der Waals surface area contributed by atoms with Gasteiger partial charge in [0.15, 0.2) is 5.17 Å². The van der Waals surface area contributed by atoms with Crippen LogP contribution in [0, 0.1) is 6.92 Å². The molecule has 0 aliphatic carbocycles. The number of rotatable bonds is 2. The molecule has 0 atom stereocenters. The van der Waals surface area contributed by atoms with Crippen LogP contribution >= 0.6 is 23.4 Å². The molecule has 2 aromatic rings. The third kappa shape index (κ3) is 4.04. The Morgan fingerprint density at radius 1 is 1.04 bits per heavy atom. The van der Waals surface area contributed by atoms with Crippen LogP contribution < -0.4 is 4.90 Å². The highest BCUT2D eigenvalue weighted by Gasteiger charge is 2.28. The zero-order chi connectivity index (χ0) is 18.8. The van der Waals surface area contributed by atoms with Crippen LogP contribution in [0.15, 0.2) is 58.4 Å². The second-order valence-corrected chi connectivity index (χ2v) is 8.06. The van der Waals surface area contributed by atoms with Crippen LogP contribution in [-0.4, -0.2) is 42.2 Å². The molecule has 6 heteroatoms. The molecule has 1 saturated heterocycles. The van der Waals surface area contributed by atoms with E-state index in [2.05, 4.69) is 46.0 Å². The summed E-state index contributed by atoms with van der Waals surface area (Å²) in [7, 11) is 0. The van der Waals surface area contributed by atoms with Crippen molar-refractivity contribution in [3.8, 4) is 0 Å². The van der Waals surface area contributed by atoms with E-state index in [1.807, 2.05) is 30.3 Å². The second kappa shape index (κ2) is 7.79. The highest BCUT2D eigenvalue weighted by molar-refractivity contribution is 8.18. The number of halogens is 1. The molecule has 0 bridgehead atoms. The van der Waals surface area contributed by atoms with Gasteiger partial charge in [0.25, 0.3) is 5.91 Å². The first-order chi connectivity index (χ1) is 13.1. The second-order valence-electron chi connectivity index (χ2n) is 6.64. The number of piperazine rings is 1. The summed E-state index contributed by atoms with van der Waals surface area (Å²) in [6, 6.07) is 16.1. The summed E-state index contributed by atoms with van der Waals surface area (Å²) in [5.74, 6) is -0.184. The Balaban J connectivity index is 1.42. The summed E-state index contributed by atoms with van der Waals surface area (Å²) < 4.78 is 0. The van der Waals surface area contributed by atoms with Crippen LogP contribution in [0.5, 0.6) is 0 Å². The van der Waals surface area contributed by atoms with Gasteiger partial charge in [-0.3, -0.25) is 4.79 Å². The molecule has 1 amide bonds. The Bertz CT molecular complexity index is 933. The predicted octanol–water partition coefficient (Wildman–Crippen LogP) is 4.44. The van der Waals surface area contributed by atoms with Crippen molar-refractivity contribution in [3.05, 3.63) is 69.6 Å². The lowest BCUT2D eigenvalue weighted by molar-refractivity contribution is -0.113. The van der Waals surface area contributed by atoms with Gasteiger partial charge in [-0.25, -0.2) is 0 Å². The number of aryl methyl sites for hydroxylation is 1. The lowest BCUT2D eigenvalue weighted by Gasteiger charge is -2.36. The summed E-state index contributed by atoms with van der Waals surface area (Å²) in [6.45, 7) is 5.66. The minimum Gasteiger partial charge on any atom is -0.368 e. The number of nitrogens with zero attached hydrogens (tertiary/aromatic N) is 3. The van der Waals surface area contributed by atoms with E-state index in [0.29, 0.717) is 9.93 Å². The molecule has 2 aliphatic rings. The number of hydrogen-bond donors (Lipinski definition) is 0. The molecule has 4 rings (SSSR count). The van der Waals surface area contributed by atoms with E-state index in [4.69, 9.17) is 11.6 Å². The fourth-order valence-electron chi connectivity index (χ4n) is 3.25. The number of anilines is 1. The number of carbonyl (C=O) groups excluding carboxylic acids is 1. The summed E-state index contributed by atoms with van der Waals surface area (Å²) in [5.41, 5.74) is 3.37. The molecule has 27 heavy (non-hydrogen) atoms.